The summed E-state index contributed by atoms with van der Waals surface area (Å²) >= 11 is 5.92. The Kier molecular flexibility index (Phi) is 5.67. The van der Waals surface area contributed by atoms with Crippen molar-refractivity contribution in [2.24, 2.45) is 17.6 Å². The Balaban J connectivity index is 1.74. The number of aliphatic hydroxyl groups excluding tert-OH is 2. The third-order valence-electron chi connectivity index (χ3n) is 7.64. The second-order valence-corrected chi connectivity index (χ2v) is 10.2. The van der Waals surface area contributed by atoms with E-state index < -0.39 is 58.0 Å². The summed E-state index contributed by atoms with van der Waals surface area (Å²) in [5.41, 5.74) is 3.51. The van der Waals surface area contributed by atoms with Crippen molar-refractivity contribution in [2.75, 3.05) is 14.1 Å². The number of halogens is 1. The van der Waals surface area contributed by atoms with Gasteiger partial charge >= 0.3 is 0 Å². The molecule has 0 bridgehead atoms. The van der Waals surface area contributed by atoms with Crippen LogP contribution in [-0.2, 0) is 20.8 Å². The summed E-state index contributed by atoms with van der Waals surface area (Å²) in [4.78, 5) is 44.6. The number of carbonyl (C=O) groups excluding carboxylic acids is 3. The van der Waals surface area contributed by atoms with E-state index in [9.17, 15) is 34.8 Å². The van der Waals surface area contributed by atoms with Crippen molar-refractivity contribution in [3.63, 3.8) is 0 Å². The van der Waals surface area contributed by atoms with Crippen molar-refractivity contribution in [3.05, 3.63) is 63.6 Å². The largest absolute Gasteiger partial charge is 0.508 e. The van der Waals surface area contributed by atoms with E-state index in [1.165, 1.54) is 11.0 Å². The molecule has 11 heteroatoms. The first-order valence-corrected chi connectivity index (χ1v) is 11.9. The molecule has 0 radical (unpaired) electrons. The van der Waals surface area contributed by atoms with Crippen molar-refractivity contribution in [1.29, 1.82) is 0 Å². The molecule has 3 aliphatic carbocycles. The molecule has 0 saturated heterocycles. The molecule has 192 valence electrons. The van der Waals surface area contributed by atoms with Crippen molar-refractivity contribution in [3.8, 4) is 16.9 Å². The highest BCUT2D eigenvalue weighted by Gasteiger charge is 2.64. The molecular formula is C26H24ClN3O7. The zero-order valence-electron chi connectivity index (χ0n) is 19.9. The number of nitrogens with zero attached hydrogens (tertiary/aromatic N) is 2. The number of aliphatic hydroxyl groups is 3. The second-order valence-electron chi connectivity index (χ2n) is 9.82. The maximum atomic E-state index is 13.8. The number of likely N-dealkylation sites (N-methyl/N-ethyl adjacent to an activating group) is 1. The van der Waals surface area contributed by atoms with Gasteiger partial charge in [-0.15, -0.1) is 0 Å². The number of fused-ring (bicyclic) bond motifs is 3. The van der Waals surface area contributed by atoms with Crippen LogP contribution in [0.1, 0.15) is 17.5 Å². The SMILES string of the molecule is CN(C)C1C(=O)C(C(N)=O)=C(O)[C@]2(O)C(=O)C3=C(O)c4c(O)ccc(-c5ccc(Cl)nc5)c4C[C@H]3C[C@@H]12. The number of pyridine rings is 1. The lowest BCUT2D eigenvalue weighted by Crippen LogP contribution is -2.65. The molecule has 2 aromatic rings. The zero-order chi connectivity index (χ0) is 27.0. The summed E-state index contributed by atoms with van der Waals surface area (Å²) in [6.07, 6.45) is 1.74. The highest BCUT2D eigenvalue weighted by Crippen LogP contribution is 2.53. The van der Waals surface area contributed by atoms with Crippen molar-refractivity contribution < 1.29 is 34.8 Å². The van der Waals surface area contributed by atoms with Crippen LogP contribution < -0.4 is 5.73 Å². The number of Topliss-reactive ketones (excluding diaryl/α,β-unsaturated/α-hetero) is 2. The van der Waals surface area contributed by atoms with Crippen LogP contribution in [0.4, 0.5) is 0 Å². The fourth-order valence-corrected chi connectivity index (χ4v) is 6.16. The van der Waals surface area contributed by atoms with Crippen LogP contribution in [0.5, 0.6) is 5.75 Å². The summed E-state index contributed by atoms with van der Waals surface area (Å²) < 4.78 is 0. The van der Waals surface area contributed by atoms with Crippen molar-refractivity contribution in [1.82, 2.24) is 9.88 Å². The number of hydrogen-bond donors (Lipinski definition) is 5. The number of aromatic hydroxyl groups is 1. The molecule has 6 N–H and O–H groups in total. The maximum absolute atomic E-state index is 13.8. The predicted octanol–water partition coefficient (Wildman–Crippen LogP) is 1.68. The molecule has 1 saturated carbocycles. The number of hydrogen-bond acceptors (Lipinski definition) is 9. The molecule has 5 rings (SSSR count). The average molecular weight is 526 g/mol. The van der Waals surface area contributed by atoms with Gasteiger partial charge in [0.25, 0.3) is 5.91 Å². The number of benzene rings is 1. The van der Waals surface area contributed by atoms with Crippen LogP contribution in [-0.4, -0.2) is 73.5 Å². The number of amides is 1. The molecule has 4 atom stereocenters. The van der Waals surface area contributed by atoms with Gasteiger partial charge in [-0.1, -0.05) is 17.7 Å². The topological polar surface area (TPSA) is 174 Å². The van der Waals surface area contributed by atoms with E-state index in [-0.39, 0.29) is 29.7 Å². The number of phenolic OH excluding ortho intramolecular Hbond substituents is 1. The Labute approximate surface area is 216 Å². The minimum Gasteiger partial charge on any atom is -0.508 e. The van der Waals surface area contributed by atoms with Gasteiger partial charge in [-0.3, -0.25) is 19.3 Å². The fraction of sp³-hybridized carbons (Fsp3) is 0.308. The van der Waals surface area contributed by atoms with Crippen molar-refractivity contribution in [2.45, 2.75) is 24.5 Å². The number of nitrogens with two attached hydrogens (primary N) is 1. The molecule has 0 aliphatic heterocycles. The van der Waals surface area contributed by atoms with Crippen LogP contribution in [0.2, 0.25) is 5.15 Å². The van der Waals surface area contributed by atoms with Crippen LogP contribution in [0.25, 0.3) is 16.9 Å². The minimum atomic E-state index is -2.67. The molecule has 37 heavy (non-hydrogen) atoms. The molecular weight excluding hydrogens is 502 g/mol. The van der Waals surface area contributed by atoms with E-state index in [1.807, 2.05) is 0 Å². The first kappa shape index (κ1) is 24.9. The summed E-state index contributed by atoms with van der Waals surface area (Å²) in [5.74, 6) is -6.86. The predicted molar refractivity (Wildman–Crippen MR) is 132 cm³/mol. The Bertz CT molecular complexity index is 1450. The van der Waals surface area contributed by atoms with E-state index in [0.717, 1.165) is 0 Å². The van der Waals surface area contributed by atoms with Gasteiger partial charge in [0.1, 0.15) is 28.0 Å². The number of phenols is 1. The summed E-state index contributed by atoms with van der Waals surface area (Å²) in [6.45, 7) is 0. The molecule has 10 nitrogen and oxygen atoms in total. The number of carbonyl (C=O) groups is 3. The van der Waals surface area contributed by atoms with E-state index in [2.05, 4.69) is 4.98 Å². The number of rotatable bonds is 3. The van der Waals surface area contributed by atoms with Crippen LogP contribution in [0, 0.1) is 11.8 Å². The Morgan fingerprint density at radius 1 is 1.16 bits per heavy atom. The highest BCUT2D eigenvalue weighted by atomic mass is 35.5. The first-order valence-electron chi connectivity index (χ1n) is 11.5. The molecule has 1 heterocycles. The lowest BCUT2D eigenvalue weighted by atomic mass is 9.57. The summed E-state index contributed by atoms with van der Waals surface area (Å²) in [5, 5.41) is 44.8. The van der Waals surface area contributed by atoms with Gasteiger partial charge in [0.2, 0.25) is 5.78 Å². The Morgan fingerprint density at radius 3 is 2.46 bits per heavy atom. The number of aromatic nitrogens is 1. The van der Waals surface area contributed by atoms with Gasteiger partial charge in [-0.05, 0) is 62.2 Å². The monoisotopic (exact) mass is 525 g/mol. The number of ketones is 2. The summed E-state index contributed by atoms with van der Waals surface area (Å²) in [6, 6.07) is 5.24. The van der Waals surface area contributed by atoms with Gasteiger partial charge in [0.05, 0.1) is 11.6 Å². The summed E-state index contributed by atoms with van der Waals surface area (Å²) in [7, 11) is 3.11. The Hall–Kier alpha value is -3.73. The van der Waals surface area contributed by atoms with Gasteiger partial charge < -0.3 is 26.2 Å². The number of primary amides is 1. The Morgan fingerprint density at radius 2 is 1.86 bits per heavy atom. The zero-order valence-corrected chi connectivity index (χ0v) is 20.7. The van der Waals surface area contributed by atoms with Gasteiger partial charge in [0, 0.05) is 23.3 Å². The quantitative estimate of drug-likeness (QED) is 0.295. The van der Waals surface area contributed by atoms with E-state index in [0.29, 0.717) is 21.8 Å². The second kappa shape index (κ2) is 8.41. The molecule has 3 aliphatic rings. The van der Waals surface area contributed by atoms with E-state index >= 15 is 0 Å². The lowest BCUT2D eigenvalue weighted by Gasteiger charge is -2.50. The molecule has 0 spiro atoms. The molecule has 1 amide bonds. The van der Waals surface area contributed by atoms with Crippen LogP contribution in [0.3, 0.4) is 0 Å². The molecule has 1 aromatic carbocycles. The van der Waals surface area contributed by atoms with Crippen LogP contribution in [0.15, 0.2) is 47.4 Å². The van der Waals surface area contributed by atoms with E-state index in [1.54, 1.807) is 38.5 Å². The average Bonchev–Trinajstić information content (AvgIpc) is 2.82. The normalized spacial score (nSPS) is 27.2. The highest BCUT2D eigenvalue weighted by molar-refractivity contribution is 6.29. The third-order valence-corrected chi connectivity index (χ3v) is 7.87. The van der Waals surface area contributed by atoms with Gasteiger partial charge in [-0.2, -0.15) is 0 Å². The van der Waals surface area contributed by atoms with Gasteiger partial charge in [-0.25, -0.2) is 4.98 Å². The van der Waals surface area contributed by atoms with Gasteiger partial charge in [0.15, 0.2) is 11.4 Å². The van der Waals surface area contributed by atoms with Crippen LogP contribution >= 0.6 is 11.6 Å². The first-order chi connectivity index (χ1) is 17.4. The fourth-order valence-electron chi connectivity index (χ4n) is 6.05. The molecule has 1 unspecified atom stereocenters. The van der Waals surface area contributed by atoms with Crippen molar-refractivity contribution >= 4 is 34.8 Å². The smallest absolute Gasteiger partial charge is 0.255 e. The minimum absolute atomic E-state index is 0.0136. The lowest BCUT2D eigenvalue weighted by molar-refractivity contribution is -0.153. The third kappa shape index (κ3) is 3.40. The molecule has 1 aromatic heterocycles. The standard InChI is InChI=1S/C26H24ClN3O7/c1-30(2)20-14-8-11-7-13-12(10-3-6-16(27)29-9-10)4-5-15(31)18(13)21(32)17(11)23(34)26(14,37)24(35)19(22(20)33)25(28)36/h3-6,9,11,14,20,31-32,35,37H,7-8H2,1-2H3,(H2,28,36)/t11-,14-,20?,26+/m0/s1. The van der Waals surface area contributed by atoms with E-state index in [4.69, 9.17) is 17.3 Å². The molecule has 1 fully saturated rings. The maximum Gasteiger partial charge on any atom is 0.255 e.